The maximum Gasteiger partial charge on any atom is 0.293 e. The normalized spacial score (nSPS) is 21.5. The monoisotopic (exact) mass is 374 g/mol. The van der Waals surface area contributed by atoms with Crippen molar-refractivity contribution in [3.8, 4) is 0 Å². The van der Waals surface area contributed by atoms with E-state index in [9.17, 15) is 18.8 Å². The number of benzene rings is 1. The highest BCUT2D eigenvalue weighted by Crippen LogP contribution is 2.32. The molecule has 1 heterocycles. The summed E-state index contributed by atoms with van der Waals surface area (Å²) in [5.74, 6) is -1.01. The lowest BCUT2D eigenvalue weighted by molar-refractivity contribution is -0.126. The van der Waals surface area contributed by atoms with Crippen LogP contribution in [0.4, 0.5) is 9.18 Å². The molecular weight excluding hydrogens is 355 g/mol. The van der Waals surface area contributed by atoms with Gasteiger partial charge in [-0.1, -0.05) is 30.4 Å². The molecule has 1 aliphatic carbocycles. The molecule has 2 aliphatic rings. The fraction of sp³-hybridized carbons (Fsp3) is 0.316. The summed E-state index contributed by atoms with van der Waals surface area (Å²) in [6.07, 6.45) is 7.87. The number of nitrogens with one attached hydrogen (secondary N) is 1. The van der Waals surface area contributed by atoms with Gasteiger partial charge in [0, 0.05) is 24.6 Å². The maximum absolute atomic E-state index is 13.7. The number of allylic oxidation sites excluding steroid dienone is 2. The van der Waals surface area contributed by atoms with Crippen LogP contribution in [-0.2, 0) is 9.59 Å². The molecule has 7 heteroatoms. The number of carbonyl (C=O) groups is 3. The summed E-state index contributed by atoms with van der Waals surface area (Å²) in [5, 5.41) is 2.38. The second-order valence-corrected chi connectivity index (χ2v) is 7.12. The Labute approximate surface area is 155 Å². The first kappa shape index (κ1) is 18.4. The van der Waals surface area contributed by atoms with Crippen molar-refractivity contribution in [1.29, 1.82) is 0 Å². The number of hydrogen-bond acceptors (Lipinski definition) is 4. The van der Waals surface area contributed by atoms with Crippen molar-refractivity contribution in [3.63, 3.8) is 0 Å². The van der Waals surface area contributed by atoms with Crippen molar-refractivity contribution in [2.75, 3.05) is 13.1 Å². The number of carbonyl (C=O) groups excluding carboxylic acids is 3. The molecule has 0 radical (unpaired) electrons. The average Bonchev–Trinajstić information content (AvgIpc) is 2.91. The number of rotatable bonds is 5. The molecule has 0 aromatic heterocycles. The van der Waals surface area contributed by atoms with Gasteiger partial charge in [-0.05, 0) is 43.2 Å². The van der Waals surface area contributed by atoms with E-state index in [4.69, 9.17) is 0 Å². The van der Waals surface area contributed by atoms with Crippen LogP contribution in [0.2, 0.25) is 0 Å². The summed E-state index contributed by atoms with van der Waals surface area (Å²) in [6.45, 7) is 0.317. The van der Waals surface area contributed by atoms with Crippen molar-refractivity contribution in [1.82, 2.24) is 10.2 Å². The van der Waals surface area contributed by atoms with Gasteiger partial charge in [0.25, 0.3) is 11.1 Å². The third-order valence-electron chi connectivity index (χ3n) is 4.34. The van der Waals surface area contributed by atoms with E-state index in [1.54, 1.807) is 18.2 Å². The van der Waals surface area contributed by atoms with E-state index in [1.807, 2.05) is 6.08 Å². The zero-order chi connectivity index (χ0) is 18.5. The van der Waals surface area contributed by atoms with Crippen LogP contribution in [0.5, 0.6) is 0 Å². The molecule has 1 unspecified atom stereocenters. The number of imide groups is 1. The Balaban J connectivity index is 1.57. The highest BCUT2D eigenvalue weighted by molar-refractivity contribution is 8.18. The minimum absolute atomic E-state index is 0.0455. The molecule has 5 nitrogen and oxygen atoms in total. The summed E-state index contributed by atoms with van der Waals surface area (Å²) in [4.78, 5) is 37.8. The van der Waals surface area contributed by atoms with Gasteiger partial charge in [-0.2, -0.15) is 0 Å². The van der Waals surface area contributed by atoms with E-state index in [1.165, 1.54) is 12.1 Å². The number of thioether (sulfide) groups is 1. The van der Waals surface area contributed by atoms with Crippen LogP contribution in [0, 0.1) is 11.7 Å². The van der Waals surface area contributed by atoms with E-state index < -0.39 is 17.0 Å². The lowest BCUT2D eigenvalue weighted by atomic mass is 9.94. The van der Waals surface area contributed by atoms with E-state index in [2.05, 4.69) is 11.4 Å². The summed E-state index contributed by atoms with van der Waals surface area (Å²) < 4.78 is 13.7. The third kappa shape index (κ3) is 4.22. The molecular formula is C19H19FN2O3S. The summed E-state index contributed by atoms with van der Waals surface area (Å²) >= 11 is 0.782. The Morgan fingerprint density at radius 2 is 2.12 bits per heavy atom. The lowest BCUT2D eigenvalue weighted by Crippen LogP contribution is -2.39. The molecule has 1 atom stereocenters. The van der Waals surface area contributed by atoms with E-state index in [0.717, 1.165) is 35.9 Å². The number of amides is 3. The zero-order valence-corrected chi connectivity index (χ0v) is 14.9. The van der Waals surface area contributed by atoms with Crippen LogP contribution < -0.4 is 5.32 Å². The van der Waals surface area contributed by atoms with Crippen molar-refractivity contribution in [2.24, 2.45) is 5.92 Å². The minimum Gasteiger partial charge on any atom is -0.354 e. The molecule has 3 rings (SSSR count). The average molecular weight is 374 g/mol. The molecule has 1 aromatic rings. The van der Waals surface area contributed by atoms with Gasteiger partial charge >= 0.3 is 0 Å². The maximum atomic E-state index is 13.7. The van der Waals surface area contributed by atoms with Crippen molar-refractivity contribution in [3.05, 3.63) is 52.7 Å². The molecule has 136 valence electrons. The quantitative estimate of drug-likeness (QED) is 0.634. The molecule has 0 bridgehead atoms. The predicted molar refractivity (Wildman–Crippen MR) is 98.6 cm³/mol. The number of hydrogen-bond donors (Lipinski definition) is 1. The van der Waals surface area contributed by atoms with E-state index >= 15 is 0 Å². The topological polar surface area (TPSA) is 66.5 Å². The predicted octanol–water partition coefficient (Wildman–Crippen LogP) is 3.33. The molecule has 1 aromatic carbocycles. The van der Waals surface area contributed by atoms with Crippen LogP contribution in [0.1, 0.15) is 24.8 Å². The Hall–Kier alpha value is -2.41. The zero-order valence-electron chi connectivity index (χ0n) is 14.1. The summed E-state index contributed by atoms with van der Waals surface area (Å²) in [5.41, 5.74) is 0.261. The molecule has 0 spiro atoms. The molecule has 1 saturated heterocycles. The van der Waals surface area contributed by atoms with Crippen molar-refractivity contribution in [2.45, 2.75) is 19.3 Å². The van der Waals surface area contributed by atoms with Crippen LogP contribution in [0.3, 0.4) is 0 Å². The van der Waals surface area contributed by atoms with Gasteiger partial charge in [-0.25, -0.2) is 4.39 Å². The van der Waals surface area contributed by atoms with Crippen molar-refractivity contribution >= 4 is 34.9 Å². The standard InChI is InChI=1S/C19H19FN2O3S/c20-15-9-5-4-8-14(15)12-16-18(24)22(19(25)26-16)11-10-21-17(23)13-6-2-1-3-7-13/h1-2,4-5,8-9,12-13H,3,6-7,10-11H2,(H,21,23)/b16-12-. The van der Waals surface area contributed by atoms with Crippen molar-refractivity contribution < 1.29 is 18.8 Å². The van der Waals surface area contributed by atoms with Crippen LogP contribution >= 0.6 is 11.8 Å². The second-order valence-electron chi connectivity index (χ2n) is 6.13. The van der Waals surface area contributed by atoms with Crippen LogP contribution in [0.15, 0.2) is 41.3 Å². The van der Waals surface area contributed by atoms with Gasteiger partial charge in [0.1, 0.15) is 5.82 Å². The number of nitrogens with zero attached hydrogens (tertiary/aromatic N) is 1. The Bertz CT molecular complexity index is 791. The molecule has 26 heavy (non-hydrogen) atoms. The first-order chi connectivity index (χ1) is 12.6. The fourth-order valence-corrected chi connectivity index (χ4v) is 3.75. The van der Waals surface area contributed by atoms with Gasteiger partial charge < -0.3 is 5.32 Å². The van der Waals surface area contributed by atoms with Gasteiger partial charge in [-0.15, -0.1) is 0 Å². The van der Waals surface area contributed by atoms with Gasteiger partial charge in [0.2, 0.25) is 5.91 Å². The molecule has 3 amide bonds. The summed E-state index contributed by atoms with van der Waals surface area (Å²) in [6, 6.07) is 6.06. The van der Waals surface area contributed by atoms with Crippen LogP contribution in [-0.4, -0.2) is 35.0 Å². The lowest BCUT2D eigenvalue weighted by Gasteiger charge is -2.18. The first-order valence-corrected chi connectivity index (χ1v) is 9.30. The highest BCUT2D eigenvalue weighted by atomic mass is 32.2. The highest BCUT2D eigenvalue weighted by Gasteiger charge is 2.35. The third-order valence-corrected chi connectivity index (χ3v) is 5.25. The second kappa shape index (κ2) is 8.31. The van der Waals surface area contributed by atoms with E-state index in [0.29, 0.717) is 0 Å². The smallest absolute Gasteiger partial charge is 0.293 e. The molecule has 1 aliphatic heterocycles. The molecule has 1 N–H and O–H groups in total. The Morgan fingerprint density at radius 1 is 1.31 bits per heavy atom. The van der Waals surface area contributed by atoms with Gasteiger partial charge in [0.15, 0.2) is 0 Å². The minimum atomic E-state index is -0.460. The first-order valence-electron chi connectivity index (χ1n) is 8.49. The Morgan fingerprint density at radius 3 is 2.85 bits per heavy atom. The Kier molecular flexibility index (Phi) is 5.88. The van der Waals surface area contributed by atoms with E-state index in [-0.39, 0.29) is 35.4 Å². The number of halogens is 1. The van der Waals surface area contributed by atoms with Gasteiger partial charge in [-0.3, -0.25) is 19.3 Å². The van der Waals surface area contributed by atoms with Crippen LogP contribution in [0.25, 0.3) is 6.08 Å². The fourth-order valence-electron chi connectivity index (χ4n) is 2.89. The van der Waals surface area contributed by atoms with Gasteiger partial charge in [0.05, 0.1) is 4.91 Å². The SMILES string of the molecule is O=C(NCCN1C(=O)S/C(=C\c2ccccc2F)C1=O)C1CC=CCC1. The molecule has 0 saturated carbocycles. The molecule has 1 fully saturated rings. The largest absolute Gasteiger partial charge is 0.354 e. The summed E-state index contributed by atoms with van der Waals surface area (Å²) in [7, 11) is 0.